The number of aryl methyl sites for hydroxylation is 2. The molecule has 106 valence electrons. The second-order valence-electron chi connectivity index (χ2n) is 4.93. The molecule has 0 bridgehead atoms. The molecule has 2 aromatic heterocycles. The van der Waals surface area contributed by atoms with Gasteiger partial charge in [-0.3, -0.25) is 0 Å². The summed E-state index contributed by atoms with van der Waals surface area (Å²) < 4.78 is 1.61. The summed E-state index contributed by atoms with van der Waals surface area (Å²) in [6.07, 6.45) is 5.94. The SMILES string of the molecule is CCCc1c(C(=O)O)nnn1-c1nc2c(s1)CCCC2. The monoisotopic (exact) mass is 292 g/mol. The molecule has 7 heteroatoms. The van der Waals surface area contributed by atoms with Gasteiger partial charge in [0, 0.05) is 4.88 Å². The van der Waals surface area contributed by atoms with Crippen molar-refractivity contribution in [2.75, 3.05) is 0 Å². The van der Waals surface area contributed by atoms with Crippen LogP contribution in [-0.2, 0) is 19.3 Å². The van der Waals surface area contributed by atoms with Crippen LogP contribution in [0, 0.1) is 0 Å². The fourth-order valence-corrected chi connectivity index (χ4v) is 3.63. The average Bonchev–Trinajstić information content (AvgIpc) is 3.01. The van der Waals surface area contributed by atoms with Gasteiger partial charge in [0.25, 0.3) is 0 Å². The Bertz CT molecular complexity index is 623. The van der Waals surface area contributed by atoms with Crippen LogP contribution in [0.1, 0.15) is 52.9 Å². The van der Waals surface area contributed by atoms with E-state index in [2.05, 4.69) is 15.3 Å². The van der Waals surface area contributed by atoms with Crippen LogP contribution in [0.2, 0.25) is 0 Å². The lowest BCUT2D eigenvalue weighted by molar-refractivity contribution is 0.0689. The quantitative estimate of drug-likeness (QED) is 0.934. The number of thiazole rings is 1. The fraction of sp³-hybridized carbons (Fsp3) is 0.538. The highest BCUT2D eigenvalue weighted by molar-refractivity contribution is 7.14. The van der Waals surface area contributed by atoms with Crippen LogP contribution < -0.4 is 0 Å². The van der Waals surface area contributed by atoms with Crippen molar-refractivity contribution in [3.63, 3.8) is 0 Å². The van der Waals surface area contributed by atoms with Crippen LogP contribution in [0.25, 0.3) is 5.13 Å². The molecule has 0 radical (unpaired) electrons. The van der Waals surface area contributed by atoms with Crippen molar-refractivity contribution < 1.29 is 9.90 Å². The number of aromatic carboxylic acids is 1. The molecule has 0 aromatic carbocycles. The van der Waals surface area contributed by atoms with Gasteiger partial charge in [-0.15, -0.1) is 5.10 Å². The number of carbonyl (C=O) groups is 1. The van der Waals surface area contributed by atoms with Gasteiger partial charge in [-0.1, -0.05) is 29.9 Å². The molecule has 2 heterocycles. The standard InChI is InChI=1S/C13H16N4O2S/c1-2-5-9-11(12(18)19)15-16-17(9)13-14-8-6-3-4-7-10(8)20-13/h2-7H2,1H3,(H,18,19). The normalized spacial score (nSPS) is 14.2. The molecule has 0 saturated heterocycles. The first-order valence-electron chi connectivity index (χ1n) is 6.87. The van der Waals surface area contributed by atoms with E-state index in [-0.39, 0.29) is 5.69 Å². The van der Waals surface area contributed by atoms with E-state index in [4.69, 9.17) is 0 Å². The van der Waals surface area contributed by atoms with Gasteiger partial charge < -0.3 is 5.11 Å². The number of carboxylic acid groups (broad SMARTS) is 1. The Morgan fingerprint density at radius 3 is 2.90 bits per heavy atom. The van der Waals surface area contributed by atoms with Crippen molar-refractivity contribution in [1.29, 1.82) is 0 Å². The van der Waals surface area contributed by atoms with E-state index in [1.807, 2.05) is 6.92 Å². The highest BCUT2D eigenvalue weighted by Crippen LogP contribution is 2.29. The predicted octanol–water partition coefficient (Wildman–Crippen LogP) is 2.25. The summed E-state index contributed by atoms with van der Waals surface area (Å²) >= 11 is 1.61. The van der Waals surface area contributed by atoms with E-state index in [9.17, 15) is 9.90 Å². The number of nitrogens with zero attached hydrogens (tertiary/aromatic N) is 4. The lowest BCUT2D eigenvalue weighted by Gasteiger charge is -2.06. The molecule has 0 unspecified atom stereocenters. The number of hydrogen-bond donors (Lipinski definition) is 1. The number of carboxylic acids is 1. The van der Waals surface area contributed by atoms with Crippen molar-refractivity contribution in [1.82, 2.24) is 20.0 Å². The first-order chi connectivity index (χ1) is 9.70. The Morgan fingerprint density at radius 2 is 2.20 bits per heavy atom. The van der Waals surface area contributed by atoms with Gasteiger partial charge in [0.1, 0.15) is 0 Å². The van der Waals surface area contributed by atoms with Crippen LogP contribution >= 0.6 is 11.3 Å². The summed E-state index contributed by atoms with van der Waals surface area (Å²) in [4.78, 5) is 17.1. The summed E-state index contributed by atoms with van der Waals surface area (Å²) in [7, 11) is 0. The molecule has 1 N–H and O–H groups in total. The van der Waals surface area contributed by atoms with Gasteiger partial charge in [0.2, 0.25) is 5.13 Å². The van der Waals surface area contributed by atoms with Gasteiger partial charge in [-0.05, 0) is 32.1 Å². The molecule has 0 fully saturated rings. The summed E-state index contributed by atoms with van der Waals surface area (Å²) in [5.41, 5.74) is 1.83. The molecule has 0 spiro atoms. The maximum atomic E-state index is 11.2. The Morgan fingerprint density at radius 1 is 1.40 bits per heavy atom. The van der Waals surface area contributed by atoms with E-state index < -0.39 is 5.97 Å². The average molecular weight is 292 g/mol. The Labute approximate surface area is 120 Å². The van der Waals surface area contributed by atoms with Crippen molar-refractivity contribution in [2.45, 2.75) is 45.4 Å². The number of aromatic nitrogens is 4. The minimum absolute atomic E-state index is 0.0417. The van der Waals surface area contributed by atoms with Gasteiger partial charge in [0.15, 0.2) is 5.69 Å². The van der Waals surface area contributed by atoms with Gasteiger partial charge in [-0.25, -0.2) is 9.78 Å². The Balaban J connectivity index is 2.05. The molecule has 0 amide bonds. The van der Waals surface area contributed by atoms with Crippen molar-refractivity contribution in [2.24, 2.45) is 0 Å². The number of fused-ring (bicyclic) bond motifs is 1. The molecule has 1 aliphatic rings. The minimum atomic E-state index is -1.03. The molecule has 20 heavy (non-hydrogen) atoms. The fourth-order valence-electron chi connectivity index (χ4n) is 2.51. The summed E-state index contributed by atoms with van der Waals surface area (Å²) in [6.45, 7) is 2.01. The molecule has 0 saturated carbocycles. The first-order valence-corrected chi connectivity index (χ1v) is 7.69. The number of hydrogen-bond acceptors (Lipinski definition) is 5. The Hall–Kier alpha value is -1.76. The van der Waals surface area contributed by atoms with Gasteiger partial charge >= 0.3 is 5.97 Å². The van der Waals surface area contributed by atoms with Crippen LogP contribution in [0.4, 0.5) is 0 Å². The van der Waals surface area contributed by atoms with E-state index in [0.717, 1.165) is 30.1 Å². The van der Waals surface area contributed by atoms with Crippen LogP contribution in [0.5, 0.6) is 0 Å². The van der Waals surface area contributed by atoms with Crippen molar-refractivity contribution >= 4 is 17.3 Å². The Kier molecular flexibility index (Phi) is 3.52. The molecule has 0 atom stereocenters. The lowest BCUT2D eigenvalue weighted by Crippen LogP contribution is -2.06. The zero-order chi connectivity index (χ0) is 14.1. The highest BCUT2D eigenvalue weighted by atomic mass is 32.1. The highest BCUT2D eigenvalue weighted by Gasteiger charge is 2.23. The molecule has 0 aliphatic heterocycles. The molecule has 1 aliphatic carbocycles. The van der Waals surface area contributed by atoms with E-state index in [1.54, 1.807) is 16.0 Å². The van der Waals surface area contributed by atoms with Crippen LogP contribution in [0.3, 0.4) is 0 Å². The summed E-state index contributed by atoms with van der Waals surface area (Å²) in [6, 6.07) is 0. The van der Waals surface area contributed by atoms with Crippen molar-refractivity contribution in [3.05, 3.63) is 22.0 Å². The summed E-state index contributed by atoms with van der Waals surface area (Å²) in [5, 5.41) is 17.7. The van der Waals surface area contributed by atoms with E-state index >= 15 is 0 Å². The third kappa shape index (κ3) is 2.22. The van der Waals surface area contributed by atoms with E-state index in [0.29, 0.717) is 12.1 Å². The maximum Gasteiger partial charge on any atom is 0.358 e. The van der Waals surface area contributed by atoms with Crippen molar-refractivity contribution in [3.8, 4) is 5.13 Å². The third-order valence-corrected chi connectivity index (χ3v) is 4.60. The number of rotatable bonds is 4. The third-order valence-electron chi connectivity index (χ3n) is 3.47. The maximum absolute atomic E-state index is 11.2. The molecular weight excluding hydrogens is 276 g/mol. The lowest BCUT2D eigenvalue weighted by atomic mass is 10.0. The van der Waals surface area contributed by atoms with E-state index in [1.165, 1.54) is 17.7 Å². The topological polar surface area (TPSA) is 80.9 Å². The molecular formula is C13H16N4O2S. The largest absolute Gasteiger partial charge is 0.476 e. The molecule has 2 aromatic rings. The molecule has 3 rings (SSSR count). The predicted molar refractivity (Wildman–Crippen MR) is 74.6 cm³/mol. The zero-order valence-corrected chi connectivity index (χ0v) is 12.1. The van der Waals surface area contributed by atoms with Crippen LogP contribution in [-0.4, -0.2) is 31.1 Å². The second-order valence-corrected chi connectivity index (χ2v) is 5.99. The summed E-state index contributed by atoms with van der Waals surface area (Å²) in [5.74, 6) is -1.03. The zero-order valence-electron chi connectivity index (χ0n) is 11.3. The second kappa shape index (κ2) is 5.32. The molecule has 6 nitrogen and oxygen atoms in total. The van der Waals surface area contributed by atoms with Gasteiger partial charge in [0.05, 0.1) is 11.4 Å². The van der Waals surface area contributed by atoms with Crippen LogP contribution in [0.15, 0.2) is 0 Å². The minimum Gasteiger partial charge on any atom is -0.476 e. The van der Waals surface area contributed by atoms with Gasteiger partial charge in [-0.2, -0.15) is 4.68 Å². The first kappa shape index (κ1) is 13.2. The smallest absolute Gasteiger partial charge is 0.358 e.